The van der Waals surface area contributed by atoms with Crippen LogP contribution in [0.5, 0.6) is 0 Å². The highest BCUT2D eigenvalue weighted by Gasteiger charge is 2.59. The van der Waals surface area contributed by atoms with E-state index in [2.05, 4.69) is 36.3 Å². The van der Waals surface area contributed by atoms with Gasteiger partial charge in [-0.15, -0.1) is 24.0 Å². The minimum Gasteiger partial charge on any atom is -0.469 e. The molecule has 0 radical (unpaired) electrons. The number of ether oxygens (including phenoxy) is 1. The van der Waals surface area contributed by atoms with E-state index in [1.165, 1.54) is 19.4 Å². The minimum absolute atomic E-state index is 0. The lowest BCUT2D eigenvalue weighted by molar-refractivity contribution is -0.106. The van der Waals surface area contributed by atoms with Crippen LogP contribution in [0.15, 0.2) is 27.8 Å². The molecule has 2 aliphatic heterocycles. The van der Waals surface area contributed by atoms with E-state index < -0.39 is 0 Å². The van der Waals surface area contributed by atoms with Crippen LogP contribution in [0, 0.1) is 11.3 Å². The lowest BCUT2D eigenvalue weighted by Gasteiger charge is -2.55. The van der Waals surface area contributed by atoms with E-state index in [-0.39, 0.29) is 29.4 Å². The van der Waals surface area contributed by atoms with Crippen LogP contribution in [-0.2, 0) is 11.2 Å². The van der Waals surface area contributed by atoms with E-state index in [1.54, 1.807) is 6.26 Å². The Morgan fingerprint density at radius 2 is 2.21 bits per heavy atom. The molecular weight excluding hydrogens is 479 g/mol. The van der Waals surface area contributed by atoms with Gasteiger partial charge in [0.1, 0.15) is 5.76 Å². The van der Waals surface area contributed by atoms with Crippen molar-refractivity contribution in [3.63, 3.8) is 0 Å². The van der Waals surface area contributed by atoms with Crippen LogP contribution in [0.3, 0.4) is 0 Å². The van der Waals surface area contributed by atoms with Crippen LogP contribution in [0.4, 0.5) is 0 Å². The van der Waals surface area contributed by atoms with Crippen LogP contribution >= 0.6 is 24.0 Å². The molecule has 3 aliphatic rings. The van der Waals surface area contributed by atoms with Gasteiger partial charge in [-0.2, -0.15) is 0 Å². The highest BCUT2D eigenvalue weighted by atomic mass is 127. The van der Waals surface area contributed by atoms with Crippen LogP contribution in [0.1, 0.15) is 45.8 Å². The van der Waals surface area contributed by atoms with Gasteiger partial charge >= 0.3 is 0 Å². The van der Waals surface area contributed by atoms with Crippen molar-refractivity contribution in [1.29, 1.82) is 0 Å². The summed E-state index contributed by atoms with van der Waals surface area (Å²) in [6.07, 6.45) is 6.68. The quantitative estimate of drug-likeness (QED) is 0.331. The van der Waals surface area contributed by atoms with Gasteiger partial charge in [0.25, 0.3) is 0 Å². The number of halogens is 1. The summed E-state index contributed by atoms with van der Waals surface area (Å²) in [4.78, 5) is 7.56. The van der Waals surface area contributed by atoms with Crippen molar-refractivity contribution in [3.8, 4) is 0 Å². The molecule has 1 aromatic heterocycles. The number of nitrogens with one attached hydrogen (secondary N) is 2. The smallest absolute Gasteiger partial charge is 0.191 e. The van der Waals surface area contributed by atoms with Gasteiger partial charge in [-0.3, -0.25) is 9.89 Å². The molecule has 4 rings (SSSR count). The second kappa shape index (κ2) is 10.0. The first-order valence-corrected chi connectivity index (χ1v) is 11.0. The Labute approximate surface area is 192 Å². The molecule has 6 nitrogen and oxygen atoms in total. The Kier molecular flexibility index (Phi) is 7.89. The number of likely N-dealkylation sites (tertiary alicyclic amines) is 1. The topological polar surface area (TPSA) is 62.0 Å². The summed E-state index contributed by atoms with van der Waals surface area (Å²) in [6.45, 7) is 11.8. The third kappa shape index (κ3) is 4.93. The average molecular weight is 516 g/mol. The third-order valence-corrected chi connectivity index (χ3v) is 7.00. The van der Waals surface area contributed by atoms with Crippen LogP contribution < -0.4 is 10.6 Å². The number of hydrogen-bond donors (Lipinski definition) is 2. The molecule has 164 valence electrons. The van der Waals surface area contributed by atoms with Gasteiger partial charge in [-0.05, 0) is 44.5 Å². The maximum atomic E-state index is 5.96. The third-order valence-electron chi connectivity index (χ3n) is 7.00. The maximum absolute atomic E-state index is 5.96. The van der Waals surface area contributed by atoms with Crippen molar-refractivity contribution in [3.05, 3.63) is 24.2 Å². The Hall–Kier alpha value is -0.800. The van der Waals surface area contributed by atoms with Crippen molar-refractivity contribution in [2.45, 2.75) is 64.6 Å². The molecule has 29 heavy (non-hydrogen) atoms. The zero-order valence-electron chi connectivity index (χ0n) is 18.0. The second-order valence-corrected chi connectivity index (χ2v) is 9.06. The van der Waals surface area contributed by atoms with Crippen molar-refractivity contribution in [1.82, 2.24) is 15.5 Å². The number of likely N-dealkylation sites (N-methyl/N-ethyl adjacent to an activating group) is 1. The van der Waals surface area contributed by atoms with Crippen molar-refractivity contribution in [2.75, 3.05) is 32.8 Å². The molecule has 0 amide bonds. The standard InChI is InChI=1S/C22H36N4O2.HI/c1-4-26-12-5-7-16(26)15-24-21(23-11-9-17-8-6-13-27-17)25-19-18-10-14-28-20(18)22(19,2)3;/h6,8,13,16,18-20H,4-5,7,9-12,14-15H2,1-3H3,(H2,23,24,25);1H. The van der Waals surface area contributed by atoms with Gasteiger partial charge in [-0.25, -0.2) is 0 Å². The fraction of sp³-hybridized carbons (Fsp3) is 0.773. The molecule has 7 heteroatoms. The number of furan rings is 1. The lowest BCUT2D eigenvalue weighted by atomic mass is 9.57. The fourth-order valence-corrected chi connectivity index (χ4v) is 5.39. The van der Waals surface area contributed by atoms with Crippen molar-refractivity contribution in [2.24, 2.45) is 16.3 Å². The number of nitrogens with zero attached hydrogens (tertiary/aromatic N) is 2. The molecule has 3 fully saturated rings. The van der Waals surface area contributed by atoms with Crippen molar-refractivity contribution >= 4 is 29.9 Å². The van der Waals surface area contributed by atoms with E-state index >= 15 is 0 Å². The maximum Gasteiger partial charge on any atom is 0.191 e. The van der Waals surface area contributed by atoms with E-state index in [1.807, 2.05) is 12.1 Å². The van der Waals surface area contributed by atoms with Gasteiger partial charge in [-0.1, -0.05) is 20.8 Å². The lowest BCUT2D eigenvalue weighted by Crippen LogP contribution is -2.68. The largest absolute Gasteiger partial charge is 0.469 e. The predicted molar refractivity (Wildman–Crippen MR) is 127 cm³/mol. The van der Waals surface area contributed by atoms with Crippen molar-refractivity contribution < 1.29 is 9.15 Å². The molecule has 1 aliphatic carbocycles. The number of fused-ring (bicyclic) bond motifs is 1. The molecule has 4 atom stereocenters. The molecule has 2 saturated heterocycles. The van der Waals surface area contributed by atoms with E-state index in [4.69, 9.17) is 14.1 Å². The van der Waals surface area contributed by atoms with Crippen LogP contribution in [-0.4, -0.2) is 61.8 Å². The molecule has 2 N–H and O–H groups in total. The molecule has 0 bridgehead atoms. The number of hydrogen-bond acceptors (Lipinski definition) is 4. The molecule has 0 spiro atoms. The highest BCUT2D eigenvalue weighted by molar-refractivity contribution is 14.0. The molecular formula is C22H37IN4O2. The summed E-state index contributed by atoms with van der Waals surface area (Å²) < 4.78 is 11.4. The van der Waals surface area contributed by atoms with Gasteiger partial charge in [0.05, 0.1) is 18.9 Å². The normalized spacial score (nSPS) is 31.1. The number of rotatable bonds is 7. The summed E-state index contributed by atoms with van der Waals surface area (Å²) in [7, 11) is 0. The second-order valence-electron chi connectivity index (χ2n) is 9.06. The van der Waals surface area contributed by atoms with E-state index in [0.717, 1.165) is 50.8 Å². The Morgan fingerprint density at radius 1 is 1.34 bits per heavy atom. The first-order chi connectivity index (χ1) is 13.6. The molecule has 1 aromatic rings. The van der Waals surface area contributed by atoms with Gasteiger partial charge in [0, 0.05) is 43.0 Å². The van der Waals surface area contributed by atoms with E-state index in [0.29, 0.717) is 24.1 Å². The first kappa shape index (κ1) is 22.9. The summed E-state index contributed by atoms with van der Waals surface area (Å²) in [5.74, 6) is 2.55. The first-order valence-electron chi connectivity index (χ1n) is 11.0. The zero-order chi connectivity index (χ0) is 19.6. The molecule has 4 unspecified atom stereocenters. The average Bonchev–Trinajstić information content (AvgIpc) is 3.44. The minimum atomic E-state index is 0. The SMILES string of the molecule is CCN1CCCC1CN=C(NCCc1ccco1)NC1C2CCOC2C1(C)C.I. The summed E-state index contributed by atoms with van der Waals surface area (Å²) in [6, 6.07) is 4.96. The van der Waals surface area contributed by atoms with Gasteiger partial charge in [0.2, 0.25) is 0 Å². The highest BCUT2D eigenvalue weighted by Crippen LogP contribution is 2.52. The number of guanidine groups is 1. The summed E-state index contributed by atoms with van der Waals surface area (Å²) in [5, 5.41) is 7.31. The molecule has 0 aromatic carbocycles. The number of aliphatic imine (C=N–C) groups is 1. The molecule has 3 heterocycles. The van der Waals surface area contributed by atoms with Crippen LogP contribution in [0.25, 0.3) is 0 Å². The van der Waals surface area contributed by atoms with Gasteiger partial charge < -0.3 is 19.8 Å². The zero-order valence-corrected chi connectivity index (χ0v) is 20.4. The Morgan fingerprint density at radius 3 is 2.97 bits per heavy atom. The fourth-order valence-electron chi connectivity index (χ4n) is 5.39. The Balaban J connectivity index is 0.00000240. The van der Waals surface area contributed by atoms with Gasteiger partial charge in [0.15, 0.2) is 5.96 Å². The summed E-state index contributed by atoms with van der Waals surface area (Å²) in [5.41, 5.74) is 0.146. The predicted octanol–water partition coefficient (Wildman–Crippen LogP) is 3.27. The van der Waals surface area contributed by atoms with E-state index in [9.17, 15) is 0 Å². The van der Waals surface area contributed by atoms with Crippen LogP contribution in [0.2, 0.25) is 0 Å². The monoisotopic (exact) mass is 516 g/mol. The molecule has 1 saturated carbocycles. The Bertz CT molecular complexity index is 664. The summed E-state index contributed by atoms with van der Waals surface area (Å²) >= 11 is 0.